The molecule has 5 heteroatoms. The molecule has 1 aliphatic heterocycles. The summed E-state index contributed by atoms with van der Waals surface area (Å²) in [6.07, 6.45) is 3.46. The van der Waals surface area contributed by atoms with E-state index in [2.05, 4.69) is 18.0 Å². The zero-order valence-corrected chi connectivity index (χ0v) is 11.8. The van der Waals surface area contributed by atoms with Gasteiger partial charge in [0.15, 0.2) is 0 Å². The zero-order chi connectivity index (χ0) is 15.0. The maximum atomic E-state index is 11.5. The first kappa shape index (κ1) is 13.4. The number of carboxylic acids is 1. The van der Waals surface area contributed by atoms with Crippen LogP contribution in [0.5, 0.6) is 0 Å². The lowest BCUT2D eigenvalue weighted by atomic mass is 9.96. The van der Waals surface area contributed by atoms with E-state index < -0.39 is 5.97 Å². The van der Waals surface area contributed by atoms with E-state index in [-0.39, 0.29) is 11.6 Å². The highest BCUT2D eigenvalue weighted by Crippen LogP contribution is 2.37. The standard InChI is InChI=1S/C16H17N3O2/c1-10-6-7-11-4-2-3-5-14(11)19(10)15-13(16(20)21)8-12(17)9-18-15/h2-5,8-10H,6-7,17H2,1H3,(H,20,21). The Balaban J connectivity index is 2.18. The minimum Gasteiger partial charge on any atom is -0.478 e. The van der Waals surface area contributed by atoms with Crippen LogP contribution in [0.3, 0.4) is 0 Å². The second-order valence-electron chi connectivity index (χ2n) is 5.33. The average Bonchev–Trinajstić information content (AvgIpc) is 2.47. The summed E-state index contributed by atoms with van der Waals surface area (Å²) in [5.41, 5.74) is 8.41. The topological polar surface area (TPSA) is 79.5 Å². The van der Waals surface area contributed by atoms with E-state index >= 15 is 0 Å². The van der Waals surface area contributed by atoms with Gasteiger partial charge in [-0.15, -0.1) is 0 Å². The summed E-state index contributed by atoms with van der Waals surface area (Å²) in [4.78, 5) is 17.8. The SMILES string of the molecule is CC1CCc2ccccc2N1c1ncc(N)cc1C(=O)O. The number of nitrogen functional groups attached to an aromatic ring is 1. The second kappa shape index (κ2) is 5.09. The van der Waals surface area contributed by atoms with Gasteiger partial charge in [-0.05, 0) is 37.5 Å². The van der Waals surface area contributed by atoms with Crippen LogP contribution in [0.4, 0.5) is 17.2 Å². The van der Waals surface area contributed by atoms with Crippen molar-refractivity contribution in [3.63, 3.8) is 0 Å². The number of carboxylic acid groups (broad SMARTS) is 1. The van der Waals surface area contributed by atoms with Crippen LogP contribution in [-0.4, -0.2) is 22.1 Å². The second-order valence-corrected chi connectivity index (χ2v) is 5.33. The van der Waals surface area contributed by atoms with Gasteiger partial charge in [0.25, 0.3) is 0 Å². The van der Waals surface area contributed by atoms with Gasteiger partial charge in [-0.2, -0.15) is 0 Å². The molecule has 1 aliphatic rings. The molecule has 21 heavy (non-hydrogen) atoms. The number of benzene rings is 1. The van der Waals surface area contributed by atoms with Gasteiger partial charge in [-0.1, -0.05) is 18.2 Å². The summed E-state index contributed by atoms with van der Waals surface area (Å²) in [6, 6.07) is 9.70. The highest BCUT2D eigenvalue weighted by Gasteiger charge is 2.28. The Morgan fingerprint density at radius 3 is 2.95 bits per heavy atom. The molecule has 1 unspecified atom stereocenters. The Hall–Kier alpha value is -2.56. The fraction of sp³-hybridized carbons (Fsp3) is 0.250. The molecule has 3 rings (SSSR count). The number of nitrogens with zero attached hydrogens (tertiary/aromatic N) is 2. The van der Waals surface area contributed by atoms with E-state index in [1.165, 1.54) is 17.8 Å². The Bertz CT molecular complexity index is 700. The van der Waals surface area contributed by atoms with Crippen LogP contribution in [0.15, 0.2) is 36.5 Å². The van der Waals surface area contributed by atoms with Crippen LogP contribution < -0.4 is 10.6 Å². The van der Waals surface area contributed by atoms with Crippen molar-refractivity contribution in [2.75, 3.05) is 10.6 Å². The lowest BCUT2D eigenvalue weighted by molar-refractivity contribution is 0.0697. The third kappa shape index (κ3) is 2.31. The number of para-hydroxylation sites is 1. The van der Waals surface area contributed by atoms with Crippen LogP contribution in [0, 0.1) is 0 Å². The van der Waals surface area contributed by atoms with Gasteiger partial charge in [-0.3, -0.25) is 0 Å². The molecule has 1 aromatic carbocycles. The molecule has 0 saturated carbocycles. The molecule has 1 atom stereocenters. The normalized spacial score (nSPS) is 17.4. The number of rotatable bonds is 2. The highest BCUT2D eigenvalue weighted by atomic mass is 16.4. The molecule has 2 aromatic rings. The van der Waals surface area contributed by atoms with Gasteiger partial charge >= 0.3 is 5.97 Å². The van der Waals surface area contributed by atoms with Gasteiger partial charge < -0.3 is 15.7 Å². The largest absolute Gasteiger partial charge is 0.478 e. The first-order chi connectivity index (χ1) is 10.1. The smallest absolute Gasteiger partial charge is 0.339 e. The van der Waals surface area contributed by atoms with Crippen molar-refractivity contribution >= 4 is 23.2 Å². The predicted octanol–water partition coefficient (Wildman–Crippen LogP) is 2.83. The van der Waals surface area contributed by atoms with Crippen molar-refractivity contribution in [3.05, 3.63) is 47.7 Å². The molecular weight excluding hydrogens is 266 g/mol. The molecule has 2 heterocycles. The highest BCUT2D eigenvalue weighted by molar-refractivity contribution is 5.95. The first-order valence-corrected chi connectivity index (χ1v) is 6.94. The number of carbonyl (C=O) groups is 1. The fourth-order valence-electron chi connectivity index (χ4n) is 2.83. The molecular formula is C16H17N3O2. The zero-order valence-electron chi connectivity index (χ0n) is 11.8. The monoisotopic (exact) mass is 283 g/mol. The summed E-state index contributed by atoms with van der Waals surface area (Å²) < 4.78 is 0. The van der Waals surface area contributed by atoms with Gasteiger partial charge in [0.2, 0.25) is 0 Å². The van der Waals surface area contributed by atoms with Crippen molar-refractivity contribution in [3.8, 4) is 0 Å². The summed E-state index contributed by atoms with van der Waals surface area (Å²) in [6.45, 7) is 2.08. The molecule has 0 radical (unpaired) electrons. The molecule has 0 bridgehead atoms. The van der Waals surface area contributed by atoms with Crippen molar-refractivity contribution in [2.24, 2.45) is 0 Å². The number of aromatic nitrogens is 1. The van der Waals surface area contributed by atoms with Crippen molar-refractivity contribution in [1.29, 1.82) is 0 Å². The van der Waals surface area contributed by atoms with Gasteiger partial charge in [-0.25, -0.2) is 9.78 Å². The average molecular weight is 283 g/mol. The van der Waals surface area contributed by atoms with E-state index in [0.29, 0.717) is 11.5 Å². The summed E-state index contributed by atoms with van der Waals surface area (Å²) in [5, 5.41) is 9.43. The molecule has 5 nitrogen and oxygen atoms in total. The number of pyridine rings is 1. The van der Waals surface area contributed by atoms with Gasteiger partial charge in [0.1, 0.15) is 11.4 Å². The summed E-state index contributed by atoms with van der Waals surface area (Å²) in [7, 11) is 0. The third-order valence-corrected chi connectivity index (χ3v) is 3.87. The number of nitrogens with two attached hydrogens (primary N) is 1. The Labute approximate surface area is 123 Å². The molecule has 0 spiro atoms. The maximum Gasteiger partial charge on any atom is 0.339 e. The van der Waals surface area contributed by atoms with E-state index in [9.17, 15) is 9.90 Å². The molecule has 1 aromatic heterocycles. The van der Waals surface area contributed by atoms with E-state index in [4.69, 9.17) is 5.73 Å². The van der Waals surface area contributed by atoms with Crippen molar-refractivity contribution < 1.29 is 9.90 Å². The number of aryl methyl sites for hydroxylation is 1. The molecule has 0 amide bonds. The fourth-order valence-corrected chi connectivity index (χ4v) is 2.83. The number of fused-ring (bicyclic) bond motifs is 1. The Morgan fingerprint density at radius 1 is 1.43 bits per heavy atom. The molecule has 108 valence electrons. The van der Waals surface area contributed by atoms with Crippen LogP contribution in [0.2, 0.25) is 0 Å². The number of anilines is 3. The van der Waals surface area contributed by atoms with Crippen LogP contribution in [0.25, 0.3) is 0 Å². The van der Waals surface area contributed by atoms with E-state index in [0.717, 1.165) is 18.5 Å². The van der Waals surface area contributed by atoms with Gasteiger partial charge in [0, 0.05) is 11.7 Å². The summed E-state index contributed by atoms with van der Waals surface area (Å²) in [5.74, 6) is -0.559. The molecule has 0 fully saturated rings. The number of aromatic carboxylic acids is 1. The van der Waals surface area contributed by atoms with Crippen LogP contribution in [0.1, 0.15) is 29.3 Å². The van der Waals surface area contributed by atoms with Crippen LogP contribution in [-0.2, 0) is 6.42 Å². The van der Waals surface area contributed by atoms with E-state index in [1.807, 2.05) is 23.1 Å². The third-order valence-electron chi connectivity index (χ3n) is 3.87. The lowest BCUT2D eigenvalue weighted by Gasteiger charge is -2.36. The maximum absolute atomic E-state index is 11.5. The molecule has 0 saturated heterocycles. The quantitative estimate of drug-likeness (QED) is 0.886. The Morgan fingerprint density at radius 2 is 2.19 bits per heavy atom. The number of hydrogen-bond donors (Lipinski definition) is 2. The lowest BCUT2D eigenvalue weighted by Crippen LogP contribution is -2.35. The molecule has 3 N–H and O–H groups in total. The summed E-state index contributed by atoms with van der Waals surface area (Å²) >= 11 is 0. The van der Waals surface area contributed by atoms with Crippen LogP contribution >= 0.6 is 0 Å². The number of hydrogen-bond acceptors (Lipinski definition) is 4. The van der Waals surface area contributed by atoms with Gasteiger partial charge in [0.05, 0.1) is 11.9 Å². The van der Waals surface area contributed by atoms with Crippen molar-refractivity contribution in [2.45, 2.75) is 25.8 Å². The minimum absolute atomic E-state index is 0.138. The van der Waals surface area contributed by atoms with Crippen molar-refractivity contribution in [1.82, 2.24) is 4.98 Å². The molecule has 0 aliphatic carbocycles. The first-order valence-electron chi connectivity index (χ1n) is 6.94. The minimum atomic E-state index is -1.01. The van der Waals surface area contributed by atoms with E-state index in [1.54, 1.807) is 0 Å². The predicted molar refractivity (Wildman–Crippen MR) is 82.0 cm³/mol. The Kier molecular flexibility index (Phi) is 3.25.